The summed E-state index contributed by atoms with van der Waals surface area (Å²) < 4.78 is 43.7. The summed E-state index contributed by atoms with van der Waals surface area (Å²) in [6.07, 6.45) is -4.64. The van der Waals surface area contributed by atoms with E-state index in [0.717, 1.165) is 12.1 Å². The first-order chi connectivity index (χ1) is 14.1. The zero-order valence-electron chi connectivity index (χ0n) is 15.4. The highest BCUT2D eigenvalue weighted by Crippen LogP contribution is 2.35. The van der Waals surface area contributed by atoms with Gasteiger partial charge in [0.1, 0.15) is 10.7 Å². The highest BCUT2D eigenvalue weighted by atomic mass is 35.5. The number of nitrogens with one attached hydrogen (secondary N) is 1. The van der Waals surface area contributed by atoms with Crippen molar-refractivity contribution in [3.05, 3.63) is 70.4 Å². The molecule has 2 aromatic carbocycles. The second-order valence-electron chi connectivity index (χ2n) is 6.11. The van der Waals surface area contributed by atoms with Crippen LogP contribution >= 0.6 is 11.6 Å². The topological polar surface area (TPSA) is 75.7 Å². The largest absolute Gasteiger partial charge is 0.462 e. The van der Waals surface area contributed by atoms with E-state index in [-0.39, 0.29) is 23.6 Å². The molecule has 0 radical (unpaired) electrons. The van der Waals surface area contributed by atoms with Gasteiger partial charge in [0.05, 0.1) is 23.4 Å². The van der Waals surface area contributed by atoms with Crippen LogP contribution in [-0.4, -0.2) is 24.4 Å². The lowest BCUT2D eigenvalue weighted by Crippen LogP contribution is -2.32. The predicted molar refractivity (Wildman–Crippen MR) is 103 cm³/mol. The average molecular weight is 439 g/mol. The van der Waals surface area contributed by atoms with E-state index in [0.29, 0.717) is 16.7 Å². The van der Waals surface area contributed by atoms with Crippen molar-refractivity contribution in [1.82, 2.24) is 0 Å². The normalized spacial score (nSPS) is 14.4. The number of imide groups is 1. The lowest BCUT2D eigenvalue weighted by atomic mass is 10.2. The number of amides is 2. The maximum absolute atomic E-state index is 13.0. The van der Waals surface area contributed by atoms with Gasteiger partial charge in [0.2, 0.25) is 0 Å². The van der Waals surface area contributed by atoms with Gasteiger partial charge in [-0.1, -0.05) is 17.7 Å². The van der Waals surface area contributed by atoms with Crippen LogP contribution in [0.2, 0.25) is 0 Å². The SMILES string of the molecule is CCOC(=O)c1ccc(NC2=C(Cl)C(=O)N(c3cccc(C(F)(F)F)c3)C2=O)cc1. The van der Waals surface area contributed by atoms with Gasteiger partial charge in [-0.3, -0.25) is 9.59 Å². The third-order valence-corrected chi connectivity index (χ3v) is 4.48. The quantitative estimate of drug-likeness (QED) is 0.556. The molecule has 0 saturated heterocycles. The van der Waals surface area contributed by atoms with Crippen molar-refractivity contribution >= 4 is 40.8 Å². The third kappa shape index (κ3) is 4.16. The Hall–Kier alpha value is -3.33. The van der Waals surface area contributed by atoms with Gasteiger partial charge in [-0.15, -0.1) is 0 Å². The number of carbonyl (C=O) groups excluding carboxylic acids is 3. The minimum Gasteiger partial charge on any atom is -0.462 e. The van der Waals surface area contributed by atoms with Gasteiger partial charge >= 0.3 is 12.1 Å². The van der Waals surface area contributed by atoms with Gasteiger partial charge < -0.3 is 10.1 Å². The molecule has 1 aliphatic heterocycles. The summed E-state index contributed by atoms with van der Waals surface area (Å²) in [5, 5.41) is 2.21. The summed E-state index contributed by atoms with van der Waals surface area (Å²) in [7, 11) is 0. The van der Waals surface area contributed by atoms with Crippen molar-refractivity contribution in [3.8, 4) is 0 Å². The minimum absolute atomic E-state index is 0.212. The number of anilines is 2. The molecule has 2 amide bonds. The Morgan fingerprint density at radius 1 is 1.10 bits per heavy atom. The van der Waals surface area contributed by atoms with E-state index >= 15 is 0 Å². The monoisotopic (exact) mass is 438 g/mol. The minimum atomic E-state index is -4.64. The number of alkyl halides is 3. The Morgan fingerprint density at radius 2 is 1.77 bits per heavy atom. The van der Waals surface area contributed by atoms with Gasteiger partial charge in [-0.2, -0.15) is 13.2 Å². The molecule has 0 saturated carbocycles. The molecule has 0 unspecified atom stereocenters. The Bertz CT molecular complexity index is 1050. The van der Waals surface area contributed by atoms with Crippen LogP contribution in [0.5, 0.6) is 0 Å². The molecule has 6 nitrogen and oxygen atoms in total. The predicted octanol–water partition coefficient (Wildman–Crippen LogP) is 4.32. The van der Waals surface area contributed by atoms with Gasteiger partial charge in [-0.25, -0.2) is 9.69 Å². The van der Waals surface area contributed by atoms with E-state index in [1.54, 1.807) is 6.92 Å². The first-order valence-corrected chi connectivity index (χ1v) is 9.01. The number of ether oxygens (including phenoxy) is 1. The second-order valence-corrected chi connectivity index (χ2v) is 6.48. The summed E-state index contributed by atoms with van der Waals surface area (Å²) in [5.74, 6) is -2.38. The fourth-order valence-corrected chi connectivity index (χ4v) is 2.93. The van der Waals surface area contributed by atoms with Crippen molar-refractivity contribution < 1.29 is 32.3 Å². The molecule has 1 heterocycles. The molecule has 0 aromatic heterocycles. The summed E-state index contributed by atoms with van der Waals surface area (Å²) in [4.78, 5) is 37.4. The van der Waals surface area contributed by atoms with Crippen molar-refractivity contribution in [2.24, 2.45) is 0 Å². The van der Waals surface area contributed by atoms with Crippen LogP contribution in [0.15, 0.2) is 59.3 Å². The van der Waals surface area contributed by atoms with E-state index < -0.39 is 34.6 Å². The van der Waals surface area contributed by atoms with Gasteiger partial charge in [0.15, 0.2) is 0 Å². The van der Waals surface area contributed by atoms with E-state index in [2.05, 4.69) is 5.32 Å². The summed E-state index contributed by atoms with van der Waals surface area (Å²) in [6.45, 7) is 1.88. The fraction of sp³-hybridized carbons (Fsp3) is 0.150. The molecule has 30 heavy (non-hydrogen) atoms. The van der Waals surface area contributed by atoms with Crippen LogP contribution in [0.25, 0.3) is 0 Å². The summed E-state index contributed by atoms with van der Waals surface area (Å²) in [5.41, 5.74) is -0.937. The first-order valence-electron chi connectivity index (χ1n) is 8.63. The highest BCUT2D eigenvalue weighted by Gasteiger charge is 2.40. The van der Waals surface area contributed by atoms with Crippen LogP contribution < -0.4 is 10.2 Å². The number of rotatable bonds is 5. The molecule has 0 atom stereocenters. The van der Waals surface area contributed by atoms with Crippen LogP contribution in [0.1, 0.15) is 22.8 Å². The summed E-state index contributed by atoms with van der Waals surface area (Å²) in [6, 6.07) is 9.63. The van der Waals surface area contributed by atoms with Gasteiger partial charge in [0, 0.05) is 5.69 Å². The van der Waals surface area contributed by atoms with Gasteiger partial charge in [-0.05, 0) is 49.4 Å². The highest BCUT2D eigenvalue weighted by molar-refractivity contribution is 6.53. The Balaban J connectivity index is 1.84. The molecule has 0 aliphatic carbocycles. The van der Waals surface area contributed by atoms with Crippen LogP contribution in [-0.2, 0) is 20.5 Å². The number of hydrogen-bond acceptors (Lipinski definition) is 5. The standard InChI is InChI=1S/C20H14ClF3N2O4/c1-2-30-19(29)11-6-8-13(9-7-11)25-16-15(21)17(27)26(18(16)28)14-5-3-4-12(10-14)20(22,23)24/h3-10,25H,2H2,1H3. The van der Waals surface area contributed by atoms with Crippen LogP contribution in [0.4, 0.5) is 24.5 Å². The molecular formula is C20H14ClF3N2O4. The zero-order valence-corrected chi connectivity index (χ0v) is 16.2. The first kappa shape index (κ1) is 21.4. The van der Waals surface area contributed by atoms with Gasteiger partial charge in [0.25, 0.3) is 11.8 Å². The van der Waals surface area contributed by atoms with Crippen LogP contribution in [0.3, 0.4) is 0 Å². The molecule has 0 bridgehead atoms. The molecule has 0 spiro atoms. The number of nitrogens with zero attached hydrogens (tertiary/aromatic N) is 1. The molecule has 156 valence electrons. The third-order valence-electron chi connectivity index (χ3n) is 4.12. The Labute approximate surface area is 173 Å². The lowest BCUT2D eigenvalue weighted by Gasteiger charge is -2.17. The molecule has 0 fully saturated rings. The summed E-state index contributed by atoms with van der Waals surface area (Å²) >= 11 is 5.98. The van der Waals surface area contributed by atoms with Crippen molar-refractivity contribution in [2.45, 2.75) is 13.1 Å². The lowest BCUT2D eigenvalue weighted by molar-refractivity contribution is -0.137. The zero-order chi connectivity index (χ0) is 22.1. The second kappa shape index (κ2) is 8.19. The molecule has 2 aromatic rings. The molecule has 1 aliphatic rings. The molecular weight excluding hydrogens is 425 g/mol. The number of esters is 1. The van der Waals surface area contributed by atoms with Crippen molar-refractivity contribution in [1.29, 1.82) is 0 Å². The van der Waals surface area contributed by atoms with E-state index in [1.165, 1.54) is 30.3 Å². The molecule has 10 heteroatoms. The van der Waals surface area contributed by atoms with Crippen LogP contribution in [0, 0.1) is 0 Å². The number of halogens is 4. The smallest absolute Gasteiger partial charge is 0.416 e. The molecule has 3 rings (SSSR count). The number of hydrogen-bond donors (Lipinski definition) is 1. The molecule has 1 N–H and O–H groups in total. The van der Waals surface area contributed by atoms with E-state index in [1.807, 2.05) is 0 Å². The maximum atomic E-state index is 13.0. The van der Waals surface area contributed by atoms with E-state index in [9.17, 15) is 27.6 Å². The number of benzene rings is 2. The Kier molecular flexibility index (Phi) is 5.84. The van der Waals surface area contributed by atoms with Crippen molar-refractivity contribution in [2.75, 3.05) is 16.8 Å². The number of carbonyl (C=O) groups is 3. The average Bonchev–Trinajstić information content (AvgIpc) is 2.91. The Morgan fingerprint density at radius 3 is 2.37 bits per heavy atom. The maximum Gasteiger partial charge on any atom is 0.416 e. The van der Waals surface area contributed by atoms with Crippen molar-refractivity contribution in [3.63, 3.8) is 0 Å². The fourth-order valence-electron chi connectivity index (χ4n) is 2.72. The van der Waals surface area contributed by atoms with E-state index in [4.69, 9.17) is 16.3 Å².